The SMILES string of the molecule is O=C(O)[C@H](Cc1ccc(Cl)cc1)NS(=O)(=O)c1cnc(N2CCC(CCCCCC3CCN(S(=O)(=O)c4cc(Br)c(Cl)s4)CC3)CC2)c(Br)c1. The molecule has 2 saturated heterocycles. The number of benzene rings is 1. The van der Waals surface area contributed by atoms with Gasteiger partial charge in [-0.1, -0.05) is 67.4 Å². The fourth-order valence-corrected chi connectivity index (χ4v) is 12.5. The van der Waals surface area contributed by atoms with E-state index in [1.807, 2.05) is 0 Å². The first-order valence-corrected chi connectivity index (χ1v) is 22.7. The van der Waals surface area contributed by atoms with Crippen molar-refractivity contribution in [1.29, 1.82) is 0 Å². The van der Waals surface area contributed by atoms with Gasteiger partial charge in [-0.05, 0) is 106 Å². The van der Waals surface area contributed by atoms with Crippen LogP contribution in [0.15, 0.2) is 60.6 Å². The maximum Gasteiger partial charge on any atom is 0.322 e. The normalized spacial score (nSPS) is 17.6. The summed E-state index contributed by atoms with van der Waals surface area (Å²) in [6, 6.07) is 8.29. The number of nitrogens with zero attached hydrogens (tertiary/aromatic N) is 3. The van der Waals surface area contributed by atoms with Crippen molar-refractivity contribution >= 4 is 98.2 Å². The first-order chi connectivity index (χ1) is 23.7. The topological polar surface area (TPSA) is 137 Å². The van der Waals surface area contributed by atoms with Crippen molar-refractivity contribution in [2.75, 3.05) is 31.1 Å². The predicted octanol–water partition coefficient (Wildman–Crippen LogP) is 8.22. The lowest BCUT2D eigenvalue weighted by atomic mass is 9.89. The zero-order valence-corrected chi connectivity index (χ0v) is 34.4. The Balaban J connectivity index is 1.01. The number of unbranched alkanes of at least 4 members (excludes halogenated alkanes) is 2. The summed E-state index contributed by atoms with van der Waals surface area (Å²) in [4.78, 5) is 18.4. The summed E-state index contributed by atoms with van der Waals surface area (Å²) in [5.41, 5.74) is 0.640. The molecular formula is C33H40Br2Cl2N4O6S3. The third kappa shape index (κ3) is 10.4. The summed E-state index contributed by atoms with van der Waals surface area (Å²) in [6.45, 7) is 2.74. The van der Waals surface area contributed by atoms with Crippen LogP contribution in [-0.2, 0) is 31.3 Å². The second-order valence-electron chi connectivity index (χ2n) is 12.9. The molecule has 10 nitrogen and oxygen atoms in total. The third-order valence-electron chi connectivity index (χ3n) is 9.48. The average Bonchev–Trinajstić information content (AvgIpc) is 3.44. The number of aromatic nitrogens is 1. The molecule has 0 aliphatic carbocycles. The molecule has 0 bridgehead atoms. The van der Waals surface area contributed by atoms with E-state index in [9.17, 15) is 26.7 Å². The van der Waals surface area contributed by atoms with Crippen LogP contribution in [0.25, 0.3) is 0 Å². The van der Waals surface area contributed by atoms with Crippen molar-refractivity contribution in [2.45, 2.75) is 79.4 Å². The van der Waals surface area contributed by atoms with Crippen molar-refractivity contribution in [2.24, 2.45) is 11.8 Å². The highest BCUT2D eigenvalue weighted by Crippen LogP contribution is 2.37. The lowest BCUT2D eigenvalue weighted by molar-refractivity contribution is -0.138. The number of rotatable bonds is 15. The number of carboxylic acids is 1. The van der Waals surface area contributed by atoms with Crippen LogP contribution < -0.4 is 9.62 Å². The first kappa shape index (κ1) is 39.9. The highest BCUT2D eigenvalue weighted by atomic mass is 79.9. The number of carbonyl (C=O) groups is 1. The van der Waals surface area contributed by atoms with Crippen LogP contribution in [0.3, 0.4) is 0 Å². The van der Waals surface area contributed by atoms with Gasteiger partial charge in [-0.3, -0.25) is 4.79 Å². The Morgan fingerprint density at radius 3 is 2.06 bits per heavy atom. The molecule has 0 radical (unpaired) electrons. The molecular weight excluding hydrogens is 875 g/mol. The standard InChI is InChI=1S/C33H40Br2Cl2N4O6S3/c34-27-20-30(48-31(27)37)50(46,47)41-16-12-23(13-17-41)5-3-1-2-4-22-10-14-40(15-11-22)32-28(35)19-26(21-38-32)49(44,45)39-29(33(42)43)18-24-6-8-25(36)9-7-24/h6-9,19-23,29,39H,1-5,10-18H2,(H,42,43)/t29-/m0/s1. The van der Waals surface area contributed by atoms with E-state index in [-0.39, 0.29) is 11.3 Å². The van der Waals surface area contributed by atoms with Gasteiger partial charge in [0, 0.05) is 41.9 Å². The molecule has 4 heterocycles. The van der Waals surface area contributed by atoms with Gasteiger partial charge in [0.25, 0.3) is 10.0 Å². The molecule has 2 aliphatic rings. The number of sulfonamides is 2. The summed E-state index contributed by atoms with van der Waals surface area (Å²) < 4.78 is 58.0. The van der Waals surface area contributed by atoms with Gasteiger partial charge >= 0.3 is 5.97 Å². The number of piperidine rings is 2. The maximum atomic E-state index is 13.1. The van der Waals surface area contributed by atoms with Crippen LogP contribution in [0.1, 0.15) is 63.4 Å². The van der Waals surface area contributed by atoms with Crippen LogP contribution in [0.5, 0.6) is 0 Å². The Labute approximate surface area is 325 Å². The van der Waals surface area contributed by atoms with Gasteiger partial charge in [0.2, 0.25) is 10.0 Å². The highest BCUT2D eigenvalue weighted by molar-refractivity contribution is 9.11. The first-order valence-electron chi connectivity index (χ1n) is 16.6. The zero-order chi connectivity index (χ0) is 36.1. The predicted molar refractivity (Wildman–Crippen MR) is 205 cm³/mol. The molecule has 0 unspecified atom stereocenters. The highest BCUT2D eigenvalue weighted by Gasteiger charge is 2.31. The third-order valence-corrected chi connectivity index (χ3v) is 16.6. The van der Waals surface area contributed by atoms with Gasteiger partial charge in [0.05, 0.1) is 4.47 Å². The van der Waals surface area contributed by atoms with Gasteiger partial charge in [-0.25, -0.2) is 21.8 Å². The van der Waals surface area contributed by atoms with Gasteiger partial charge in [0.15, 0.2) is 0 Å². The fraction of sp³-hybridized carbons (Fsp3) is 0.515. The average molecular weight is 916 g/mol. The number of aliphatic carboxylic acids is 1. The van der Waals surface area contributed by atoms with Crippen molar-refractivity contribution in [3.8, 4) is 0 Å². The van der Waals surface area contributed by atoms with E-state index in [1.165, 1.54) is 31.5 Å². The molecule has 2 N–H and O–H groups in total. The number of pyridine rings is 1. The van der Waals surface area contributed by atoms with Crippen molar-refractivity contribution in [3.63, 3.8) is 0 Å². The molecule has 0 amide bonds. The number of thiophene rings is 1. The van der Waals surface area contributed by atoms with Crippen molar-refractivity contribution in [3.05, 3.63) is 66.5 Å². The molecule has 2 aromatic heterocycles. The second-order valence-corrected chi connectivity index (χ2v) is 20.6. The second kappa shape index (κ2) is 17.7. The quantitative estimate of drug-likeness (QED) is 0.146. The number of halogens is 4. The molecule has 1 atom stereocenters. The van der Waals surface area contributed by atoms with Gasteiger partial charge < -0.3 is 10.0 Å². The van der Waals surface area contributed by atoms with Crippen molar-refractivity contribution in [1.82, 2.24) is 14.0 Å². The van der Waals surface area contributed by atoms with Crippen LogP contribution in [0.2, 0.25) is 9.36 Å². The molecule has 1 aromatic carbocycles. The monoisotopic (exact) mass is 912 g/mol. The molecule has 0 spiro atoms. The Hall–Kier alpha value is -1.30. The molecule has 3 aromatic rings. The van der Waals surface area contributed by atoms with E-state index >= 15 is 0 Å². The summed E-state index contributed by atoms with van der Waals surface area (Å²) in [5, 5.41) is 10.2. The number of hydrogen-bond acceptors (Lipinski definition) is 8. The zero-order valence-electron chi connectivity index (χ0n) is 27.2. The maximum absolute atomic E-state index is 13.1. The van der Waals surface area contributed by atoms with Crippen LogP contribution in [-0.4, -0.2) is 69.4 Å². The number of hydrogen-bond donors (Lipinski definition) is 2. The molecule has 50 heavy (non-hydrogen) atoms. The lowest BCUT2D eigenvalue weighted by Gasteiger charge is -2.33. The van der Waals surface area contributed by atoms with Gasteiger partial charge in [0.1, 0.15) is 25.3 Å². The Morgan fingerprint density at radius 2 is 1.52 bits per heavy atom. The largest absolute Gasteiger partial charge is 0.480 e. The molecule has 2 fully saturated rings. The molecule has 0 saturated carbocycles. The Morgan fingerprint density at radius 1 is 0.920 bits per heavy atom. The van der Waals surface area contributed by atoms with E-state index in [2.05, 4.69) is 46.5 Å². The lowest BCUT2D eigenvalue weighted by Crippen LogP contribution is -2.42. The van der Waals surface area contributed by atoms with E-state index < -0.39 is 32.1 Å². The van der Waals surface area contributed by atoms with Crippen LogP contribution >= 0.6 is 66.4 Å². The van der Waals surface area contributed by atoms with E-state index in [0.29, 0.717) is 58.8 Å². The fourth-order valence-electron chi connectivity index (χ4n) is 6.58. The van der Waals surface area contributed by atoms with Crippen molar-refractivity contribution < 1.29 is 26.7 Å². The van der Waals surface area contributed by atoms with Crippen LogP contribution in [0, 0.1) is 11.8 Å². The van der Waals surface area contributed by atoms with E-state index in [0.717, 1.165) is 63.0 Å². The molecule has 17 heteroatoms. The smallest absolute Gasteiger partial charge is 0.322 e. The summed E-state index contributed by atoms with van der Waals surface area (Å²) in [7, 11) is -7.65. The summed E-state index contributed by atoms with van der Waals surface area (Å²) in [6.07, 6.45) is 10.9. The minimum Gasteiger partial charge on any atom is -0.480 e. The summed E-state index contributed by atoms with van der Waals surface area (Å²) in [5.74, 6) is 0.571. The minimum absolute atomic E-state index is 0.0348. The van der Waals surface area contributed by atoms with E-state index in [1.54, 1.807) is 34.6 Å². The van der Waals surface area contributed by atoms with Gasteiger partial charge in [-0.15, -0.1) is 11.3 Å². The number of nitrogens with one attached hydrogen (secondary N) is 1. The van der Waals surface area contributed by atoms with Gasteiger partial charge in [-0.2, -0.15) is 9.03 Å². The molecule has 2 aliphatic heterocycles. The Bertz CT molecular complexity index is 1830. The Kier molecular flexibility index (Phi) is 14.1. The van der Waals surface area contributed by atoms with Crippen LogP contribution in [0.4, 0.5) is 5.82 Å². The minimum atomic E-state index is -4.15. The van der Waals surface area contributed by atoms with E-state index in [4.69, 9.17) is 23.2 Å². The number of anilines is 1. The molecule has 274 valence electrons. The number of carboxylic acid groups (broad SMARTS) is 1. The molecule has 5 rings (SSSR count). The summed E-state index contributed by atoms with van der Waals surface area (Å²) >= 11 is 19.9.